The number of hydrogen-bond donors (Lipinski definition) is 0. The van der Waals surface area contributed by atoms with E-state index in [1.807, 2.05) is 0 Å². The molecule has 0 aliphatic carbocycles. The van der Waals surface area contributed by atoms with Crippen LogP contribution in [0.2, 0.25) is 37.3 Å². The van der Waals surface area contributed by atoms with E-state index in [-0.39, 0.29) is 0 Å². The van der Waals surface area contributed by atoms with Crippen molar-refractivity contribution in [3.8, 4) is 0 Å². The van der Waals surface area contributed by atoms with E-state index in [1.54, 1.807) is 10.4 Å². The lowest BCUT2D eigenvalue weighted by atomic mass is 10.2. The molecule has 0 radical (unpaired) electrons. The standard InChI is InChI=1S/C28H44Br2Si2/c1-31-19-15-11-7-3-5-9-13-17-21-32(2,28-24-25(29)27(31)23-26(28)30)22-18-14-10-6-4-8-12-16-20-31/h3-6,23-24H,7-22H2,1-2H3/b5-3-,6-4-. The molecule has 4 aliphatic heterocycles. The van der Waals surface area contributed by atoms with E-state index in [2.05, 4.69) is 81.4 Å². The topological polar surface area (TPSA) is 0 Å². The zero-order valence-corrected chi connectivity index (χ0v) is 25.7. The summed E-state index contributed by atoms with van der Waals surface area (Å²) in [5.41, 5.74) is 0. The predicted octanol–water partition coefficient (Wildman–Crippen LogP) is 9.60. The molecule has 0 saturated carbocycles. The molecule has 0 saturated heterocycles. The molecule has 4 heteroatoms. The summed E-state index contributed by atoms with van der Waals surface area (Å²) in [7, 11) is -3.05. The highest BCUT2D eigenvalue weighted by Crippen LogP contribution is 2.31. The highest BCUT2D eigenvalue weighted by molar-refractivity contribution is 9.11. The van der Waals surface area contributed by atoms with E-state index in [0.717, 1.165) is 0 Å². The number of benzene rings is 1. The van der Waals surface area contributed by atoms with Crippen LogP contribution in [0.5, 0.6) is 0 Å². The van der Waals surface area contributed by atoms with Gasteiger partial charge in [-0.15, -0.1) is 0 Å². The van der Waals surface area contributed by atoms with Gasteiger partial charge in [0.2, 0.25) is 0 Å². The average molecular weight is 597 g/mol. The SMILES string of the molecule is C[Si]12CCCC/C=C\CCCC[Si](C)(CCCC/C=C\CCCC1)c1cc(Br)c2cc1Br. The molecule has 0 aromatic heterocycles. The molecular weight excluding hydrogens is 552 g/mol. The minimum Gasteiger partial charge on any atom is -0.0885 e. The highest BCUT2D eigenvalue weighted by atomic mass is 79.9. The first-order chi connectivity index (χ1) is 15.4. The van der Waals surface area contributed by atoms with Crippen molar-refractivity contribution in [2.24, 2.45) is 0 Å². The van der Waals surface area contributed by atoms with Crippen LogP contribution in [0.3, 0.4) is 0 Å². The van der Waals surface area contributed by atoms with Gasteiger partial charge in [-0.05, 0) is 48.2 Å². The molecule has 4 heterocycles. The lowest BCUT2D eigenvalue weighted by Crippen LogP contribution is -2.49. The van der Waals surface area contributed by atoms with Crippen LogP contribution in [-0.4, -0.2) is 16.1 Å². The molecule has 1 aromatic carbocycles. The molecule has 4 bridgehead atoms. The molecule has 0 atom stereocenters. The fourth-order valence-electron chi connectivity index (χ4n) is 5.84. The molecule has 0 unspecified atom stereocenters. The van der Waals surface area contributed by atoms with Gasteiger partial charge >= 0.3 is 0 Å². The minimum absolute atomic E-state index is 1.27. The fourth-order valence-corrected chi connectivity index (χ4v) is 17.8. The monoisotopic (exact) mass is 594 g/mol. The van der Waals surface area contributed by atoms with Crippen LogP contribution in [0.25, 0.3) is 0 Å². The Labute approximate surface area is 217 Å². The lowest BCUT2D eigenvalue weighted by Gasteiger charge is -2.34. The molecule has 0 N–H and O–H groups in total. The second kappa shape index (κ2) is 13.3. The van der Waals surface area contributed by atoms with Crippen LogP contribution in [0.4, 0.5) is 0 Å². The van der Waals surface area contributed by atoms with Gasteiger partial charge in [0.25, 0.3) is 0 Å². The van der Waals surface area contributed by atoms with Crippen LogP contribution in [-0.2, 0) is 0 Å². The van der Waals surface area contributed by atoms with Crippen molar-refractivity contribution >= 4 is 58.4 Å². The van der Waals surface area contributed by atoms with Gasteiger partial charge in [0.15, 0.2) is 0 Å². The van der Waals surface area contributed by atoms with E-state index in [0.29, 0.717) is 0 Å². The Morgan fingerprint density at radius 3 is 1.06 bits per heavy atom. The minimum atomic E-state index is -1.52. The van der Waals surface area contributed by atoms with Crippen molar-refractivity contribution in [1.29, 1.82) is 0 Å². The Morgan fingerprint density at radius 1 is 0.500 bits per heavy atom. The fraction of sp³-hybridized carbons (Fsp3) is 0.643. The van der Waals surface area contributed by atoms with Crippen LogP contribution >= 0.6 is 31.9 Å². The van der Waals surface area contributed by atoms with Crippen molar-refractivity contribution in [2.75, 3.05) is 0 Å². The maximum atomic E-state index is 4.13. The van der Waals surface area contributed by atoms with E-state index in [4.69, 9.17) is 0 Å². The first-order valence-electron chi connectivity index (χ1n) is 13.2. The number of fused-ring (bicyclic) bond motifs is 16. The predicted molar refractivity (Wildman–Crippen MR) is 157 cm³/mol. The first-order valence-corrected chi connectivity index (χ1v) is 20.7. The van der Waals surface area contributed by atoms with E-state index in [9.17, 15) is 0 Å². The van der Waals surface area contributed by atoms with E-state index >= 15 is 0 Å². The lowest BCUT2D eigenvalue weighted by molar-refractivity contribution is 0.759. The third kappa shape index (κ3) is 7.55. The van der Waals surface area contributed by atoms with Crippen molar-refractivity contribution in [3.05, 3.63) is 45.4 Å². The summed E-state index contributed by atoms with van der Waals surface area (Å²) in [6.45, 7) is 5.35. The van der Waals surface area contributed by atoms with Gasteiger partial charge in [0.05, 0.1) is 16.1 Å². The number of hydrogen-bond acceptors (Lipinski definition) is 0. The summed E-state index contributed by atoms with van der Waals surface area (Å²) in [6.07, 6.45) is 25.9. The quantitative estimate of drug-likeness (QED) is 0.207. The molecule has 5 rings (SSSR count). The molecule has 1 aromatic rings. The molecule has 178 valence electrons. The van der Waals surface area contributed by atoms with Crippen LogP contribution in [0.1, 0.15) is 77.0 Å². The first kappa shape index (κ1) is 26.7. The van der Waals surface area contributed by atoms with Gasteiger partial charge in [0, 0.05) is 8.95 Å². The van der Waals surface area contributed by atoms with Crippen molar-refractivity contribution in [3.63, 3.8) is 0 Å². The third-order valence-corrected chi connectivity index (χ3v) is 19.4. The molecule has 0 nitrogen and oxygen atoms in total. The number of halogens is 2. The van der Waals surface area contributed by atoms with Crippen molar-refractivity contribution in [1.82, 2.24) is 0 Å². The van der Waals surface area contributed by atoms with Gasteiger partial charge in [-0.3, -0.25) is 0 Å². The van der Waals surface area contributed by atoms with Gasteiger partial charge in [-0.1, -0.05) is 145 Å². The van der Waals surface area contributed by atoms with E-state index in [1.165, 1.54) is 110 Å². The Morgan fingerprint density at radius 2 is 0.781 bits per heavy atom. The Kier molecular flexibility index (Phi) is 11.1. The maximum absolute atomic E-state index is 4.13. The molecule has 0 fully saturated rings. The average Bonchev–Trinajstić information content (AvgIpc) is 2.76. The summed E-state index contributed by atoms with van der Waals surface area (Å²) >= 11 is 8.25. The highest BCUT2D eigenvalue weighted by Gasteiger charge is 2.35. The summed E-state index contributed by atoms with van der Waals surface area (Å²) in [4.78, 5) is 0. The molecular formula is C28H44Br2Si2. The van der Waals surface area contributed by atoms with Gasteiger partial charge in [-0.2, -0.15) is 0 Å². The number of rotatable bonds is 0. The van der Waals surface area contributed by atoms with Gasteiger partial charge in [0.1, 0.15) is 0 Å². The third-order valence-electron chi connectivity index (χ3n) is 8.09. The zero-order valence-electron chi connectivity index (χ0n) is 20.5. The molecule has 32 heavy (non-hydrogen) atoms. The largest absolute Gasteiger partial charge is 0.0885 e. The molecule has 4 aliphatic rings. The smallest absolute Gasteiger partial charge is 0.0852 e. The summed E-state index contributed by atoms with van der Waals surface area (Å²) in [5, 5.41) is 3.35. The molecule has 0 spiro atoms. The zero-order chi connectivity index (χ0) is 22.9. The maximum Gasteiger partial charge on any atom is 0.0852 e. The summed E-state index contributed by atoms with van der Waals surface area (Å²) in [6, 6.07) is 10.9. The Hall–Kier alpha value is 0.0938. The second-order valence-electron chi connectivity index (χ2n) is 10.9. The van der Waals surface area contributed by atoms with Gasteiger partial charge in [-0.25, -0.2) is 0 Å². The summed E-state index contributed by atoms with van der Waals surface area (Å²) < 4.78 is 2.87. The van der Waals surface area contributed by atoms with Gasteiger partial charge < -0.3 is 0 Å². The van der Waals surface area contributed by atoms with E-state index < -0.39 is 16.1 Å². The van der Waals surface area contributed by atoms with Crippen LogP contribution in [0.15, 0.2) is 45.4 Å². The van der Waals surface area contributed by atoms with Crippen molar-refractivity contribution < 1.29 is 0 Å². The number of allylic oxidation sites excluding steroid dienone is 4. The Balaban J connectivity index is 2.03. The second-order valence-corrected chi connectivity index (χ2v) is 21.9. The Bertz CT molecular complexity index is 690. The summed E-state index contributed by atoms with van der Waals surface area (Å²) in [5.74, 6) is 0. The van der Waals surface area contributed by atoms with Crippen LogP contribution in [0, 0.1) is 0 Å². The molecule has 0 amide bonds. The van der Waals surface area contributed by atoms with Crippen molar-refractivity contribution in [2.45, 2.75) is 114 Å². The normalized spacial score (nSPS) is 31.1. The van der Waals surface area contributed by atoms with Crippen LogP contribution < -0.4 is 10.4 Å².